The normalized spacial score (nSPS) is 17.3. The van der Waals surface area contributed by atoms with Crippen molar-refractivity contribution in [2.24, 2.45) is 5.92 Å². The Hall–Kier alpha value is -2.63. The van der Waals surface area contributed by atoms with Crippen LogP contribution in [0.5, 0.6) is 0 Å². The highest BCUT2D eigenvalue weighted by molar-refractivity contribution is 5.95. The van der Waals surface area contributed by atoms with Crippen LogP contribution in [0.2, 0.25) is 0 Å². The number of piperazine rings is 1. The van der Waals surface area contributed by atoms with E-state index in [1.165, 1.54) is 31.2 Å². The molecule has 166 valence electrons. The number of carbonyl (C=O) groups excluding carboxylic acids is 2. The van der Waals surface area contributed by atoms with E-state index in [1.807, 2.05) is 32.7 Å². The van der Waals surface area contributed by atoms with E-state index in [-0.39, 0.29) is 11.8 Å². The van der Waals surface area contributed by atoms with Crippen LogP contribution < -0.4 is 0 Å². The van der Waals surface area contributed by atoms with Gasteiger partial charge in [0.15, 0.2) is 0 Å². The molecule has 1 aliphatic heterocycles. The number of amides is 2. The number of hydrogen-bond acceptors (Lipinski definition) is 3. The summed E-state index contributed by atoms with van der Waals surface area (Å²) in [7, 11) is 0. The number of rotatable bonds is 7. The highest BCUT2D eigenvalue weighted by Crippen LogP contribution is 2.28. The summed E-state index contributed by atoms with van der Waals surface area (Å²) in [5.74, 6) is 1.03. The molecule has 2 fully saturated rings. The Balaban J connectivity index is 1.32. The molecule has 0 unspecified atom stereocenters. The van der Waals surface area contributed by atoms with E-state index >= 15 is 0 Å². The van der Waals surface area contributed by atoms with E-state index in [9.17, 15) is 9.59 Å². The van der Waals surface area contributed by atoms with Gasteiger partial charge in [0.05, 0.1) is 24.0 Å². The molecule has 6 nitrogen and oxygen atoms in total. The highest BCUT2D eigenvalue weighted by atomic mass is 16.2. The molecule has 31 heavy (non-hydrogen) atoms. The van der Waals surface area contributed by atoms with Gasteiger partial charge in [0.1, 0.15) is 0 Å². The van der Waals surface area contributed by atoms with Crippen LogP contribution >= 0.6 is 0 Å². The van der Waals surface area contributed by atoms with Crippen molar-refractivity contribution >= 4 is 11.8 Å². The van der Waals surface area contributed by atoms with Crippen LogP contribution in [0.1, 0.15) is 67.1 Å². The maximum atomic E-state index is 13.2. The molecule has 2 aromatic rings. The smallest absolute Gasteiger partial charge is 0.257 e. The highest BCUT2D eigenvalue weighted by Gasteiger charge is 2.28. The lowest BCUT2D eigenvalue weighted by molar-refractivity contribution is -0.133. The Bertz CT molecular complexity index is 878. The summed E-state index contributed by atoms with van der Waals surface area (Å²) in [4.78, 5) is 29.6. The van der Waals surface area contributed by atoms with E-state index in [2.05, 4.69) is 24.2 Å². The molecule has 2 amide bonds. The van der Waals surface area contributed by atoms with Crippen LogP contribution in [0.4, 0.5) is 0 Å². The zero-order valence-electron chi connectivity index (χ0n) is 18.6. The lowest BCUT2D eigenvalue weighted by atomic mass is 10.0. The predicted molar refractivity (Wildman–Crippen MR) is 121 cm³/mol. The van der Waals surface area contributed by atoms with Crippen LogP contribution in [0.25, 0.3) is 0 Å². The van der Waals surface area contributed by atoms with Gasteiger partial charge < -0.3 is 9.80 Å². The van der Waals surface area contributed by atoms with Gasteiger partial charge in [-0.15, -0.1) is 0 Å². The molecular weight excluding hydrogens is 388 g/mol. The summed E-state index contributed by atoms with van der Waals surface area (Å²) < 4.78 is 1.94. The molecule has 1 saturated heterocycles. The van der Waals surface area contributed by atoms with Gasteiger partial charge >= 0.3 is 0 Å². The molecule has 0 atom stereocenters. The second-order valence-electron chi connectivity index (χ2n) is 8.86. The SMILES string of the molecule is CCc1c(C(=O)N2CCN(C(=O)CCC3CCCC3)CC2)cnn1Cc1ccccc1. The minimum atomic E-state index is 0.0363. The molecule has 0 N–H and O–H groups in total. The Morgan fingerprint density at radius 2 is 1.68 bits per heavy atom. The number of aromatic nitrogens is 2. The zero-order chi connectivity index (χ0) is 21.6. The summed E-state index contributed by atoms with van der Waals surface area (Å²) in [5, 5.41) is 4.51. The number of nitrogens with zero attached hydrogens (tertiary/aromatic N) is 4. The fourth-order valence-corrected chi connectivity index (χ4v) is 4.97. The van der Waals surface area contributed by atoms with Crippen molar-refractivity contribution < 1.29 is 9.59 Å². The van der Waals surface area contributed by atoms with Crippen LogP contribution in [0.3, 0.4) is 0 Å². The molecule has 6 heteroatoms. The lowest BCUT2D eigenvalue weighted by Gasteiger charge is -2.35. The molecule has 0 radical (unpaired) electrons. The Labute approximate surface area is 185 Å². The molecule has 2 heterocycles. The topological polar surface area (TPSA) is 58.4 Å². The third-order valence-electron chi connectivity index (χ3n) is 6.85. The molecule has 0 spiro atoms. The van der Waals surface area contributed by atoms with Gasteiger partial charge in [0, 0.05) is 32.6 Å². The molecular formula is C25H34N4O2. The van der Waals surface area contributed by atoms with E-state index in [0.29, 0.717) is 44.7 Å². The van der Waals surface area contributed by atoms with E-state index < -0.39 is 0 Å². The summed E-state index contributed by atoms with van der Waals surface area (Å²) >= 11 is 0. The number of hydrogen-bond donors (Lipinski definition) is 0. The third-order valence-corrected chi connectivity index (χ3v) is 6.85. The number of benzene rings is 1. The molecule has 1 aromatic carbocycles. The van der Waals surface area contributed by atoms with Crippen molar-refractivity contribution in [3.63, 3.8) is 0 Å². The van der Waals surface area contributed by atoms with Gasteiger partial charge in [-0.2, -0.15) is 5.10 Å². The van der Waals surface area contributed by atoms with Gasteiger partial charge in [0.25, 0.3) is 5.91 Å². The van der Waals surface area contributed by atoms with Crippen molar-refractivity contribution in [1.82, 2.24) is 19.6 Å². The number of carbonyl (C=O) groups is 2. The van der Waals surface area contributed by atoms with Crippen molar-refractivity contribution in [2.45, 2.75) is 58.4 Å². The zero-order valence-corrected chi connectivity index (χ0v) is 18.6. The predicted octanol–water partition coefficient (Wildman–Crippen LogP) is 3.75. The summed E-state index contributed by atoms with van der Waals surface area (Å²) in [6, 6.07) is 10.2. The molecule has 1 aromatic heterocycles. The van der Waals surface area contributed by atoms with Gasteiger partial charge in [0.2, 0.25) is 5.91 Å². The Morgan fingerprint density at radius 1 is 1.00 bits per heavy atom. The third kappa shape index (κ3) is 5.17. The van der Waals surface area contributed by atoms with Crippen LogP contribution in [0.15, 0.2) is 36.5 Å². The van der Waals surface area contributed by atoms with Crippen molar-refractivity contribution in [2.75, 3.05) is 26.2 Å². The molecule has 1 saturated carbocycles. The molecule has 0 bridgehead atoms. The Kier molecular flexibility index (Phi) is 7.05. The van der Waals surface area contributed by atoms with Crippen molar-refractivity contribution in [3.8, 4) is 0 Å². The summed E-state index contributed by atoms with van der Waals surface area (Å²) in [5.41, 5.74) is 2.84. The van der Waals surface area contributed by atoms with Crippen LogP contribution in [-0.4, -0.2) is 57.6 Å². The molecule has 2 aliphatic rings. The van der Waals surface area contributed by atoms with Gasteiger partial charge in [-0.25, -0.2) is 0 Å². The average Bonchev–Trinajstić information content (AvgIpc) is 3.47. The minimum absolute atomic E-state index is 0.0363. The fraction of sp³-hybridized carbons (Fsp3) is 0.560. The van der Waals surface area contributed by atoms with E-state index in [1.54, 1.807) is 6.20 Å². The first kappa shape index (κ1) is 21.6. The maximum Gasteiger partial charge on any atom is 0.257 e. The van der Waals surface area contributed by atoms with Crippen molar-refractivity contribution in [1.29, 1.82) is 0 Å². The van der Waals surface area contributed by atoms with Crippen LogP contribution in [0, 0.1) is 5.92 Å². The second-order valence-corrected chi connectivity index (χ2v) is 8.86. The van der Waals surface area contributed by atoms with Crippen LogP contribution in [-0.2, 0) is 17.8 Å². The summed E-state index contributed by atoms with van der Waals surface area (Å²) in [6.07, 6.45) is 9.36. The molecule has 4 rings (SSSR count). The quantitative estimate of drug-likeness (QED) is 0.683. The largest absolute Gasteiger partial charge is 0.339 e. The first-order chi connectivity index (χ1) is 15.2. The lowest BCUT2D eigenvalue weighted by Crippen LogP contribution is -2.50. The molecule has 1 aliphatic carbocycles. The first-order valence-corrected chi connectivity index (χ1v) is 11.8. The summed E-state index contributed by atoms with van der Waals surface area (Å²) in [6.45, 7) is 5.20. The fourth-order valence-electron chi connectivity index (χ4n) is 4.97. The van der Waals surface area contributed by atoms with Gasteiger partial charge in [-0.3, -0.25) is 14.3 Å². The second kappa shape index (κ2) is 10.1. The van der Waals surface area contributed by atoms with Crippen molar-refractivity contribution in [3.05, 3.63) is 53.3 Å². The Morgan fingerprint density at radius 3 is 2.35 bits per heavy atom. The van der Waals surface area contributed by atoms with Gasteiger partial charge in [-0.05, 0) is 24.3 Å². The monoisotopic (exact) mass is 422 g/mol. The average molecular weight is 423 g/mol. The first-order valence-electron chi connectivity index (χ1n) is 11.8. The maximum absolute atomic E-state index is 13.2. The minimum Gasteiger partial charge on any atom is -0.339 e. The standard InChI is InChI=1S/C25H34N4O2/c1-2-23-22(18-26-29(23)19-21-10-4-3-5-11-21)25(31)28-16-14-27(15-17-28)24(30)13-12-20-8-6-7-9-20/h3-5,10-11,18,20H,2,6-9,12-17,19H2,1H3. The van der Waals surface area contributed by atoms with E-state index in [0.717, 1.165) is 24.5 Å². The van der Waals surface area contributed by atoms with E-state index in [4.69, 9.17) is 0 Å². The van der Waals surface area contributed by atoms with Gasteiger partial charge in [-0.1, -0.05) is 62.9 Å².